The summed E-state index contributed by atoms with van der Waals surface area (Å²) in [6.07, 6.45) is 4.31. The predicted molar refractivity (Wildman–Crippen MR) is 74.1 cm³/mol. The normalized spacial score (nSPS) is 25.8. The van der Waals surface area contributed by atoms with Crippen LogP contribution in [-0.4, -0.2) is 42.0 Å². The Balaban J connectivity index is 1.59. The molecule has 1 aromatic heterocycles. The van der Waals surface area contributed by atoms with Crippen LogP contribution in [0.25, 0.3) is 0 Å². The Hall–Kier alpha value is -1.20. The minimum atomic E-state index is 0.395. The molecule has 19 heavy (non-hydrogen) atoms. The summed E-state index contributed by atoms with van der Waals surface area (Å²) >= 11 is 0. The third-order valence-corrected chi connectivity index (χ3v) is 3.81. The lowest BCUT2D eigenvalue weighted by Gasteiger charge is -2.32. The summed E-state index contributed by atoms with van der Waals surface area (Å²) in [6, 6.07) is 4.16. The number of ether oxygens (including phenoxy) is 1. The van der Waals surface area contributed by atoms with Crippen LogP contribution in [0.4, 0.5) is 5.82 Å². The highest BCUT2D eigenvalue weighted by Crippen LogP contribution is 2.28. The first-order valence-corrected chi connectivity index (χ1v) is 7.29. The number of aromatic nitrogens is 2. The highest BCUT2D eigenvalue weighted by molar-refractivity contribution is 5.38. The molecule has 0 radical (unpaired) electrons. The molecule has 2 unspecified atom stereocenters. The molecule has 2 saturated heterocycles. The minimum absolute atomic E-state index is 0.395. The summed E-state index contributed by atoms with van der Waals surface area (Å²) in [5, 5.41) is 12.0. The molecule has 0 amide bonds. The molecule has 0 spiro atoms. The van der Waals surface area contributed by atoms with E-state index in [9.17, 15) is 0 Å². The lowest BCUT2D eigenvalue weighted by atomic mass is 10.2. The van der Waals surface area contributed by atoms with E-state index in [4.69, 9.17) is 4.74 Å². The molecule has 3 rings (SSSR count). The van der Waals surface area contributed by atoms with Gasteiger partial charge in [-0.1, -0.05) is 6.92 Å². The zero-order chi connectivity index (χ0) is 13.1. The van der Waals surface area contributed by atoms with Gasteiger partial charge in [-0.15, -0.1) is 5.10 Å². The Morgan fingerprint density at radius 2 is 2.05 bits per heavy atom. The standard InChI is InChI=1S/C14H22N4O/c1-2-7-15-8-11-3-6-14(17-16-11)18-9-12-4-5-13(10-18)19-12/h3,6,12-13,15H,2,4-5,7-10H2,1H3. The molecule has 3 heterocycles. The summed E-state index contributed by atoms with van der Waals surface area (Å²) in [5.74, 6) is 0.986. The maximum absolute atomic E-state index is 5.84. The van der Waals surface area contributed by atoms with Crippen LogP contribution in [0.5, 0.6) is 0 Å². The van der Waals surface area contributed by atoms with Gasteiger partial charge >= 0.3 is 0 Å². The maximum atomic E-state index is 5.84. The number of hydrogen-bond acceptors (Lipinski definition) is 5. The summed E-state index contributed by atoms with van der Waals surface area (Å²) in [6.45, 7) is 5.90. The number of nitrogens with one attached hydrogen (secondary N) is 1. The third kappa shape index (κ3) is 3.04. The van der Waals surface area contributed by atoms with E-state index >= 15 is 0 Å². The van der Waals surface area contributed by atoms with Gasteiger partial charge in [0.15, 0.2) is 5.82 Å². The van der Waals surface area contributed by atoms with Gasteiger partial charge in [0.1, 0.15) is 0 Å². The Morgan fingerprint density at radius 1 is 1.26 bits per heavy atom. The maximum Gasteiger partial charge on any atom is 0.151 e. The summed E-state index contributed by atoms with van der Waals surface area (Å²) in [4.78, 5) is 2.31. The molecule has 0 aromatic carbocycles. The van der Waals surface area contributed by atoms with Crippen molar-refractivity contribution < 1.29 is 4.74 Å². The van der Waals surface area contributed by atoms with Gasteiger partial charge in [0, 0.05) is 19.6 Å². The molecule has 1 aromatic rings. The molecule has 2 aliphatic rings. The van der Waals surface area contributed by atoms with Crippen molar-refractivity contribution >= 4 is 5.82 Å². The van der Waals surface area contributed by atoms with Crippen molar-refractivity contribution in [2.75, 3.05) is 24.5 Å². The molecular formula is C14H22N4O. The van der Waals surface area contributed by atoms with Crippen LogP contribution in [0.15, 0.2) is 12.1 Å². The van der Waals surface area contributed by atoms with E-state index in [-0.39, 0.29) is 0 Å². The molecule has 2 aliphatic heterocycles. The van der Waals surface area contributed by atoms with Crippen molar-refractivity contribution in [2.24, 2.45) is 0 Å². The first-order chi connectivity index (χ1) is 9.35. The first-order valence-electron chi connectivity index (χ1n) is 7.29. The fourth-order valence-corrected chi connectivity index (χ4v) is 2.81. The molecule has 1 N–H and O–H groups in total. The number of rotatable bonds is 5. The molecule has 2 atom stereocenters. The first kappa shape index (κ1) is 12.8. The second-order valence-corrected chi connectivity index (χ2v) is 5.42. The smallest absolute Gasteiger partial charge is 0.151 e. The van der Waals surface area contributed by atoms with Crippen LogP contribution < -0.4 is 10.2 Å². The van der Waals surface area contributed by atoms with Crippen molar-refractivity contribution in [1.29, 1.82) is 0 Å². The lowest BCUT2D eigenvalue weighted by Crippen LogP contribution is -2.43. The van der Waals surface area contributed by atoms with Crippen LogP contribution >= 0.6 is 0 Å². The van der Waals surface area contributed by atoms with Gasteiger partial charge in [0.2, 0.25) is 0 Å². The van der Waals surface area contributed by atoms with Crippen molar-refractivity contribution in [3.63, 3.8) is 0 Å². The van der Waals surface area contributed by atoms with E-state index in [1.807, 2.05) is 0 Å². The SMILES string of the molecule is CCCNCc1ccc(N2CC3CCC(C2)O3)nn1. The molecular weight excluding hydrogens is 240 g/mol. The second-order valence-electron chi connectivity index (χ2n) is 5.42. The van der Waals surface area contributed by atoms with Gasteiger partial charge in [-0.05, 0) is 37.9 Å². The largest absolute Gasteiger partial charge is 0.371 e. The average molecular weight is 262 g/mol. The van der Waals surface area contributed by atoms with Crippen LogP contribution in [0.3, 0.4) is 0 Å². The van der Waals surface area contributed by atoms with E-state index in [0.717, 1.165) is 44.1 Å². The average Bonchev–Trinajstić information content (AvgIpc) is 2.78. The van der Waals surface area contributed by atoms with E-state index in [2.05, 4.69) is 39.5 Å². The predicted octanol–water partition coefficient (Wildman–Crippen LogP) is 1.34. The molecule has 2 fully saturated rings. The van der Waals surface area contributed by atoms with Gasteiger partial charge in [0.05, 0.1) is 17.9 Å². The third-order valence-electron chi connectivity index (χ3n) is 3.81. The van der Waals surface area contributed by atoms with Gasteiger partial charge in [-0.3, -0.25) is 0 Å². The molecule has 5 heteroatoms. The van der Waals surface area contributed by atoms with Crippen molar-refractivity contribution in [2.45, 2.75) is 44.9 Å². The molecule has 2 bridgehead atoms. The van der Waals surface area contributed by atoms with Crippen LogP contribution in [-0.2, 0) is 11.3 Å². The van der Waals surface area contributed by atoms with Gasteiger partial charge in [0.25, 0.3) is 0 Å². The number of nitrogens with zero attached hydrogens (tertiary/aromatic N) is 3. The molecule has 5 nitrogen and oxygen atoms in total. The highest BCUT2D eigenvalue weighted by atomic mass is 16.5. The van der Waals surface area contributed by atoms with Crippen LogP contribution in [0, 0.1) is 0 Å². The number of morpholine rings is 1. The Morgan fingerprint density at radius 3 is 2.68 bits per heavy atom. The van der Waals surface area contributed by atoms with Crippen LogP contribution in [0.2, 0.25) is 0 Å². The zero-order valence-corrected chi connectivity index (χ0v) is 11.5. The quantitative estimate of drug-likeness (QED) is 0.812. The Bertz CT molecular complexity index is 396. The second kappa shape index (κ2) is 5.84. The fraction of sp³-hybridized carbons (Fsp3) is 0.714. The Kier molecular flexibility index (Phi) is 3.94. The molecule has 0 aliphatic carbocycles. The molecule has 104 valence electrons. The van der Waals surface area contributed by atoms with Crippen molar-refractivity contribution in [1.82, 2.24) is 15.5 Å². The van der Waals surface area contributed by atoms with E-state index in [1.54, 1.807) is 0 Å². The summed E-state index contributed by atoms with van der Waals surface area (Å²) in [7, 11) is 0. The lowest BCUT2D eigenvalue weighted by molar-refractivity contribution is 0.0301. The minimum Gasteiger partial charge on any atom is -0.371 e. The van der Waals surface area contributed by atoms with E-state index in [1.165, 1.54) is 12.8 Å². The number of anilines is 1. The monoisotopic (exact) mass is 262 g/mol. The fourth-order valence-electron chi connectivity index (χ4n) is 2.81. The zero-order valence-electron chi connectivity index (χ0n) is 11.5. The van der Waals surface area contributed by atoms with Gasteiger partial charge in [-0.25, -0.2) is 0 Å². The van der Waals surface area contributed by atoms with Crippen LogP contribution in [0.1, 0.15) is 31.9 Å². The number of hydrogen-bond donors (Lipinski definition) is 1. The topological polar surface area (TPSA) is 50.3 Å². The summed E-state index contributed by atoms with van der Waals surface area (Å²) < 4.78 is 5.84. The van der Waals surface area contributed by atoms with Crippen molar-refractivity contribution in [3.05, 3.63) is 17.8 Å². The van der Waals surface area contributed by atoms with Crippen molar-refractivity contribution in [3.8, 4) is 0 Å². The van der Waals surface area contributed by atoms with Gasteiger partial charge in [-0.2, -0.15) is 5.10 Å². The highest BCUT2D eigenvalue weighted by Gasteiger charge is 2.34. The van der Waals surface area contributed by atoms with E-state index < -0.39 is 0 Å². The van der Waals surface area contributed by atoms with Gasteiger partial charge < -0.3 is 15.0 Å². The number of fused-ring (bicyclic) bond motifs is 2. The summed E-state index contributed by atoms with van der Waals surface area (Å²) in [5.41, 5.74) is 1.01. The molecule has 0 saturated carbocycles. The van der Waals surface area contributed by atoms with E-state index in [0.29, 0.717) is 12.2 Å². The Labute approximate surface area is 114 Å².